The molecular weight excluding hydrogens is 374 g/mol. The summed E-state index contributed by atoms with van der Waals surface area (Å²) in [5.74, 6) is 1.33. The van der Waals surface area contributed by atoms with Gasteiger partial charge in [0.1, 0.15) is 22.9 Å². The van der Waals surface area contributed by atoms with E-state index in [2.05, 4.69) is 4.98 Å². The number of likely N-dealkylation sites (tertiary alicyclic amines) is 1. The van der Waals surface area contributed by atoms with Crippen LogP contribution in [0, 0.1) is 6.92 Å². The molecule has 0 unspecified atom stereocenters. The summed E-state index contributed by atoms with van der Waals surface area (Å²) in [6, 6.07) is 7.61. The number of aryl methyl sites for hydroxylation is 1. The van der Waals surface area contributed by atoms with Gasteiger partial charge in [0.25, 0.3) is 5.56 Å². The Bertz CT molecular complexity index is 1060. The number of fused-ring (bicyclic) bond motifs is 1. The van der Waals surface area contributed by atoms with Crippen LogP contribution in [0.15, 0.2) is 34.4 Å². The second-order valence-corrected chi connectivity index (χ2v) is 7.91. The molecule has 1 aromatic carbocycles. The van der Waals surface area contributed by atoms with Crippen molar-refractivity contribution in [1.29, 1.82) is 0 Å². The van der Waals surface area contributed by atoms with Gasteiger partial charge in [-0.25, -0.2) is 4.98 Å². The van der Waals surface area contributed by atoms with Gasteiger partial charge in [-0.3, -0.25) is 14.2 Å². The molecule has 1 saturated heterocycles. The summed E-state index contributed by atoms with van der Waals surface area (Å²) >= 11 is 1.45. The van der Waals surface area contributed by atoms with Crippen LogP contribution in [0.2, 0.25) is 0 Å². The van der Waals surface area contributed by atoms with E-state index in [1.165, 1.54) is 15.9 Å². The summed E-state index contributed by atoms with van der Waals surface area (Å²) < 4.78 is 6.73. The highest BCUT2D eigenvalue weighted by molar-refractivity contribution is 7.17. The predicted octanol–water partition coefficient (Wildman–Crippen LogP) is 3.45. The first-order valence-electron chi connectivity index (χ1n) is 9.49. The number of benzene rings is 1. The quantitative estimate of drug-likeness (QED) is 0.676. The van der Waals surface area contributed by atoms with Gasteiger partial charge in [-0.15, -0.1) is 11.3 Å². The Morgan fingerprint density at radius 1 is 1.18 bits per heavy atom. The highest BCUT2D eigenvalue weighted by Crippen LogP contribution is 2.32. The first-order valence-corrected chi connectivity index (χ1v) is 10.4. The van der Waals surface area contributed by atoms with E-state index >= 15 is 0 Å². The number of hydrogen-bond donors (Lipinski definition) is 0. The monoisotopic (exact) mass is 397 g/mol. The van der Waals surface area contributed by atoms with Gasteiger partial charge in [0.2, 0.25) is 5.91 Å². The molecule has 3 aromatic rings. The molecule has 0 spiro atoms. The molecule has 0 radical (unpaired) electrons. The van der Waals surface area contributed by atoms with E-state index in [1.54, 1.807) is 14.0 Å². The SMILES string of the molecule is COc1ccc(-c2csc3nc(C)n(CC(=O)N4CCCCC4)c(=O)c23)cc1. The molecule has 146 valence electrons. The molecule has 1 aliphatic heterocycles. The molecule has 28 heavy (non-hydrogen) atoms. The Morgan fingerprint density at radius 2 is 1.89 bits per heavy atom. The third kappa shape index (κ3) is 3.42. The second-order valence-electron chi connectivity index (χ2n) is 7.05. The minimum atomic E-state index is -0.153. The van der Waals surface area contributed by atoms with E-state index in [4.69, 9.17) is 4.74 Å². The van der Waals surface area contributed by atoms with Gasteiger partial charge in [0, 0.05) is 24.0 Å². The molecule has 0 aliphatic carbocycles. The van der Waals surface area contributed by atoms with Gasteiger partial charge in [-0.1, -0.05) is 12.1 Å². The Hall–Kier alpha value is -2.67. The molecule has 7 heteroatoms. The summed E-state index contributed by atoms with van der Waals surface area (Å²) in [6.07, 6.45) is 3.22. The summed E-state index contributed by atoms with van der Waals surface area (Å²) in [5.41, 5.74) is 1.63. The van der Waals surface area contributed by atoms with Crippen molar-refractivity contribution >= 4 is 27.5 Å². The zero-order valence-corrected chi connectivity index (χ0v) is 16.9. The number of hydrogen-bond acceptors (Lipinski definition) is 5. The number of amides is 1. The van der Waals surface area contributed by atoms with Crippen molar-refractivity contribution in [2.75, 3.05) is 20.2 Å². The minimum absolute atomic E-state index is 0.00715. The summed E-state index contributed by atoms with van der Waals surface area (Å²) in [7, 11) is 1.62. The minimum Gasteiger partial charge on any atom is -0.497 e. The van der Waals surface area contributed by atoms with Crippen molar-refractivity contribution < 1.29 is 9.53 Å². The number of methoxy groups -OCH3 is 1. The maximum atomic E-state index is 13.3. The largest absolute Gasteiger partial charge is 0.497 e. The first kappa shape index (κ1) is 18.7. The number of ether oxygens (including phenoxy) is 1. The third-order valence-corrected chi connectivity index (χ3v) is 6.16. The second kappa shape index (κ2) is 7.75. The molecule has 2 aromatic heterocycles. The third-order valence-electron chi connectivity index (χ3n) is 5.29. The van der Waals surface area contributed by atoms with E-state index in [1.807, 2.05) is 34.5 Å². The van der Waals surface area contributed by atoms with Crippen LogP contribution in [0.5, 0.6) is 5.75 Å². The lowest BCUT2D eigenvalue weighted by molar-refractivity contribution is -0.132. The Labute approximate surface area is 167 Å². The standard InChI is InChI=1S/C21H23N3O3S/c1-14-22-20-19(17(13-28-20)15-6-8-16(27-2)9-7-15)21(26)24(14)12-18(25)23-10-4-3-5-11-23/h6-9,13H,3-5,10-12H2,1-2H3. The van der Waals surface area contributed by atoms with Gasteiger partial charge in [0.05, 0.1) is 12.5 Å². The summed E-state index contributed by atoms with van der Waals surface area (Å²) in [4.78, 5) is 33.1. The zero-order chi connectivity index (χ0) is 19.7. The molecular formula is C21H23N3O3S. The lowest BCUT2D eigenvalue weighted by Crippen LogP contribution is -2.40. The maximum Gasteiger partial charge on any atom is 0.263 e. The van der Waals surface area contributed by atoms with E-state index in [0.29, 0.717) is 16.0 Å². The van der Waals surface area contributed by atoms with E-state index < -0.39 is 0 Å². The Kier molecular flexibility index (Phi) is 5.17. The molecule has 1 aliphatic rings. The van der Waals surface area contributed by atoms with Gasteiger partial charge < -0.3 is 9.64 Å². The normalized spacial score (nSPS) is 14.4. The number of thiophene rings is 1. The van der Waals surface area contributed by atoms with Crippen molar-refractivity contribution in [3.05, 3.63) is 45.8 Å². The summed E-state index contributed by atoms with van der Waals surface area (Å²) in [5, 5.41) is 2.53. The van der Waals surface area contributed by atoms with Gasteiger partial charge in [-0.05, 0) is 43.9 Å². The van der Waals surface area contributed by atoms with Crippen LogP contribution in [0.4, 0.5) is 0 Å². The zero-order valence-electron chi connectivity index (χ0n) is 16.1. The highest BCUT2D eigenvalue weighted by Gasteiger charge is 2.21. The van der Waals surface area contributed by atoms with Crippen molar-refractivity contribution in [2.24, 2.45) is 0 Å². The number of nitrogens with zero attached hydrogens (tertiary/aromatic N) is 3. The molecule has 0 saturated carbocycles. The Morgan fingerprint density at radius 3 is 2.57 bits per heavy atom. The van der Waals surface area contributed by atoms with Crippen LogP contribution in [-0.2, 0) is 11.3 Å². The average molecular weight is 398 g/mol. The van der Waals surface area contributed by atoms with Crippen molar-refractivity contribution in [1.82, 2.24) is 14.5 Å². The van der Waals surface area contributed by atoms with Crippen LogP contribution in [0.25, 0.3) is 21.3 Å². The lowest BCUT2D eigenvalue weighted by Gasteiger charge is -2.27. The molecule has 0 N–H and O–H groups in total. The molecule has 0 bridgehead atoms. The number of carbonyl (C=O) groups excluding carboxylic acids is 1. The van der Waals surface area contributed by atoms with Crippen LogP contribution in [0.3, 0.4) is 0 Å². The fourth-order valence-electron chi connectivity index (χ4n) is 3.67. The fourth-order valence-corrected chi connectivity index (χ4v) is 4.66. The lowest BCUT2D eigenvalue weighted by atomic mass is 10.1. The van der Waals surface area contributed by atoms with E-state index in [0.717, 1.165) is 49.2 Å². The first-order chi connectivity index (χ1) is 13.6. The molecule has 0 atom stereocenters. The molecule has 6 nitrogen and oxygen atoms in total. The van der Waals surface area contributed by atoms with E-state index in [-0.39, 0.29) is 18.0 Å². The average Bonchev–Trinajstić information content (AvgIpc) is 3.15. The predicted molar refractivity (Wildman–Crippen MR) is 111 cm³/mol. The topological polar surface area (TPSA) is 64.4 Å². The molecule has 1 fully saturated rings. The smallest absolute Gasteiger partial charge is 0.263 e. The van der Waals surface area contributed by atoms with Gasteiger partial charge >= 0.3 is 0 Å². The van der Waals surface area contributed by atoms with Crippen LogP contribution in [-0.4, -0.2) is 40.6 Å². The maximum absolute atomic E-state index is 13.3. The Balaban J connectivity index is 1.73. The van der Waals surface area contributed by atoms with Gasteiger partial charge in [0.15, 0.2) is 0 Å². The highest BCUT2D eigenvalue weighted by atomic mass is 32.1. The number of carbonyl (C=O) groups is 1. The molecule has 1 amide bonds. The van der Waals surface area contributed by atoms with Crippen LogP contribution >= 0.6 is 11.3 Å². The molecule has 3 heterocycles. The van der Waals surface area contributed by atoms with Crippen LogP contribution < -0.4 is 10.3 Å². The fraction of sp³-hybridized carbons (Fsp3) is 0.381. The molecule has 4 rings (SSSR count). The van der Waals surface area contributed by atoms with Crippen LogP contribution in [0.1, 0.15) is 25.1 Å². The van der Waals surface area contributed by atoms with Crippen molar-refractivity contribution in [3.8, 4) is 16.9 Å². The summed E-state index contributed by atoms with van der Waals surface area (Å²) in [6.45, 7) is 3.39. The number of piperidine rings is 1. The number of aromatic nitrogens is 2. The van der Waals surface area contributed by atoms with Crippen molar-refractivity contribution in [3.63, 3.8) is 0 Å². The number of rotatable bonds is 4. The van der Waals surface area contributed by atoms with E-state index in [9.17, 15) is 9.59 Å². The van der Waals surface area contributed by atoms with Gasteiger partial charge in [-0.2, -0.15) is 0 Å². The van der Waals surface area contributed by atoms with Crippen molar-refractivity contribution in [2.45, 2.75) is 32.7 Å².